The van der Waals surface area contributed by atoms with Gasteiger partial charge in [0.25, 0.3) is 0 Å². The molecule has 0 heterocycles. The Morgan fingerprint density at radius 1 is 1.80 bits per heavy atom. The van der Waals surface area contributed by atoms with Crippen LogP contribution in [-0.2, 0) is 0 Å². The van der Waals surface area contributed by atoms with Crippen molar-refractivity contribution in [3.8, 4) is 0 Å². The summed E-state index contributed by atoms with van der Waals surface area (Å²) in [6, 6.07) is 0. The lowest BCUT2D eigenvalue weighted by Crippen LogP contribution is -2.04. The van der Waals surface area contributed by atoms with Crippen LogP contribution in [0.25, 0.3) is 0 Å². The molecule has 0 saturated heterocycles. The molecule has 34 valence electrons. The van der Waals surface area contributed by atoms with Crippen molar-refractivity contribution in [2.45, 2.75) is 0 Å². The molecule has 0 saturated carbocycles. The van der Waals surface area contributed by atoms with Crippen LogP contribution in [0.1, 0.15) is 0 Å². The van der Waals surface area contributed by atoms with Gasteiger partial charge >= 0.3 is 0 Å². The molecule has 2 nitrogen and oxygen atoms in total. The molecule has 0 spiro atoms. The third kappa shape index (κ3) is 12.9. The molecule has 0 amide bonds. The van der Waals surface area contributed by atoms with Crippen LogP contribution in [0.15, 0.2) is 0 Å². The van der Waals surface area contributed by atoms with E-state index in [1.165, 1.54) is 0 Å². The monoisotopic (exact) mass is 141 g/mol. The van der Waals surface area contributed by atoms with Crippen LogP contribution in [0, 0.1) is 0 Å². The van der Waals surface area contributed by atoms with Crippen molar-refractivity contribution in [2.75, 3.05) is 13.8 Å². The van der Waals surface area contributed by atoms with E-state index in [4.69, 9.17) is 5.11 Å². The summed E-state index contributed by atoms with van der Waals surface area (Å²) in [6.07, 6.45) is 0. The van der Waals surface area contributed by atoms with E-state index >= 15 is 0 Å². The van der Waals surface area contributed by atoms with Crippen molar-refractivity contribution in [3.63, 3.8) is 0 Å². The number of nitrogens with one attached hydrogen (secondary N) is 1. The molecule has 0 unspecified atom stereocenters. The first kappa shape index (κ1) is 9.04. The first-order chi connectivity index (χ1) is 1.91. The topological polar surface area (TPSA) is 32.3 Å². The largest absolute Gasteiger partial charge is 0.381 e. The molecule has 2 N–H and O–H groups in total. The van der Waals surface area contributed by atoms with Gasteiger partial charge in [0.2, 0.25) is 0 Å². The summed E-state index contributed by atoms with van der Waals surface area (Å²) in [4.78, 5) is 0. The Morgan fingerprint density at radius 3 is 2.00 bits per heavy atom. The molecule has 0 bridgehead atoms. The van der Waals surface area contributed by atoms with Gasteiger partial charge in [0.05, 0.1) is 6.73 Å². The van der Waals surface area contributed by atoms with Gasteiger partial charge in [-0.2, -0.15) is 0 Å². The van der Waals surface area contributed by atoms with Crippen molar-refractivity contribution in [1.29, 1.82) is 0 Å². The second-order valence-corrected chi connectivity index (χ2v) is 0.512. The number of halogens is 1. The normalized spacial score (nSPS) is 6.00. The number of aliphatic hydroxyl groups is 1. The van der Waals surface area contributed by atoms with Crippen LogP contribution in [0.3, 0.4) is 0 Å². The second kappa shape index (κ2) is 8.83. The van der Waals surface area contributed by atoms with E-state index in [2.05, 4.69) is 5.32 Å². The smallest absolute Gasteiger partial charge is 0.0929 e. The Kier molecular flexibility index (Phi) is 16.0. The lowest BCUT2D eigenvalue weighted by molar-refractivity contribution is 0.273. The molecule has 5 heavy (non-hydrogen) atoms. The molecule has 0 aromatic heterocycles. The molecule has 0 radical (unpaired) electrons. The van der Waals surface area contributed by atoms with Crippen LogP contribution >= 0.6 is 17.0 Å². The summed E-state index contributed by atoms with van der Waals surface area (Å²) in [7, 11) is 1.68. The van der Waals surface area contributed by atoms with Crippen molar-refractivity contribution >= 4 is 17.0 Å². The average molecular weight is 142 g/mol. The summed E-state index contributed by atoms with van der Waals surface area (Å²) >= 11 is 0. The predicted molar refractivity (Wildman–Crippen MR) is 26.5 cm³/mol. The highest BCUT2D eigenvalue weighted by Crippen LogP contribution is 1.24. The molecule has 0 aromatic carbocycles. The zero-order chi connectivity index (χ0) is 3.41. The van der Waals surface area contributed by atoms with Crippen molar-refractivity contribution in [3.05, 3.63) is 0 Å². The quantitative estimate of drug-likeness (QED) is 0.494. The molecular weight excluding hydrogens is 134 g/mol. The molecule has 0 aliphatic heterocycles. The maximum Gasteiger partial charge on any atom is 0.0929 e. The predicted octanol–water partition coefficient (Wildman–Crippen LogP) is -0.267. The SMILES string of the molecule is Br.CNCO. The zero-order valence-electron chi connectivity index (χ0n) is 3.06. The lowest BCUT2D eigenvalue weighted by atomic mass is 11.2. The standard InChI is InChI=1S/C2H7NO.BrH/c1-3-2-4;/h3-4H,2H2,1H3;1H. The minimum absolute atomic E-state index is 0. The van der Waals surface area contributed by atoms with E-state index < -0.39 is 0 Å². The summed E-state index contributed by atoms with van der Waals surface area (Å²) in [5.41, 5.74) is 0. The second-order valence-electron chi connectivity index (χ2n) is 0.512. The molecule has 0 rings (SSSR count). The molecule has 0 atom stereocenters. The molecule has 0 aromatic rings. The third-order valence-electron chi connectivity index (χ3n) is 0.158. The Hall–Kier alpha value is 0.400. The van der Waals surface area contributed by atoms with Gasteiger partial charge in [0.15, 0.2) is 0 Å². The highest BCUT2D eigenvalue weighted by atomic mass is 79.9. The van der Waals surface area contributed by atoms with Gasteiger partial charge in [-0.3, -0.25) is 5.32 Å². The molecular formula is C2H8BrNO. The van der Waals surface area contributed by atoms with E-state index in [1.807, 2.05) is 0 Å². The van der Waals surface area contributed by atoms with E-state index in [1.54, 1.807) is 7.05 Å². The highest BCUT2D eigenvalue weighted by molar-refractivity contribution is 8.93. The van der Waals surface area contributed by atoms with Crippen molar-refractivity contribution in [2.24, 2.45) is 0 Å². The van der Waals surface area contributed by atoms with Crippen LogP contribution in [-0.4, -0.2) is 18.9 Å². The number of hydrogen-bond acceptors (Lipinski definition) is 2. The maximum absolute atomic E-state index is 7.76. The molecule has 0 aliphatic carbocycles. The fraction of sp³-hybridized carbons (Fsp3) is 1.00. The van der Waals surface area contributed by atoms with E-state index in [0.29, 0.717) is 0 Å². The molecule has 3 heteroatoms. The van der Waals surface area contributed by atoms with E-state index in [0.717, 1.165) is 0 Å². The van der Waals surface area contributed by atoms with Crippen molar-refractivity contribution < 1.29 is 5.11 Å². The van der Waals surface area contributed by atoms with E-state index in [9.17, 15) is 0 Å². The Bertz CT molecular complexity index is 11.6. The summed E-state index contributed by atoms with van der Waals surface area (Å²) < 4.78 is 0. The summed E-state index contributed by atoms with van der Waals surface area (Å²) in [5.74, 6) is 0. The maximum atomic E-state index is 7.76. The van der Waals surface area contributed by atoms with Gasteiger partial charge in [-0.25, -0.2) is 0 Å². The minimum Gasteiger partial charge on any atom is -0.381 e. The lowest BCUT2D eigenvalue weighted by Gasteiger charge is -1.76. The van der Waals surface area contributed by atoms with Crippen LogP contribution in [0.2, 0.25) is 0 Å². The highest BCUT2D eigenvalue weighted by Gasteiger charge is 1.50. The number of hydrogen-bond donors (Lipinski definition) is 2. The van der Waals surface area contributed by atoms with Crippen molar-refractivity contribution in [1.82, 2.24) is 5.32 Å². The van der Waals surface area contributed by atoms with Crippen LogP contribution in [0.5, 0.6) is 0 Å². The zero-order valence-corrected chi connectivity index (χ0v) is 4.78. The first-order valence-electron chi connectivity index (χ1n) is 1.17. The molecule has 0 fully saturated rings. The Balaban J connectivity index is 0. The first-order valence-corrected chi connectivity index (χ1v) is 1.17. The van der Waals surface area contributed by atoms with Gasteiger partial charge in [0, 0.05) is 0 Å². The van der Waals surface area contributed by atoms with Gasteiger partial charge in [0.1, 0.15) is 0 Å². The fourth-order valence-corrected chi connectivity index (χ4v) is 0. The number of aliphatic hydroxyl groups excluding tert-OH is 1. The van der Waals surface area contributed by atoms with Gasteiger partial charge in [-0.15, -0.1) is 17.0 Å². The Morgan fingerprint density at radius 2 is 2.00 bits per heavy atom. The third-order valence-corrected chi connectivity index (χ3v) is 0.158. The number of rotatable bonds is 1. The fourth-order valence-electron chi connectivity index (χ4n) is 0. The average Bonchev–Trinajstić information content (AvgIpc) is 1.37. The van der Waals surface area contributed by atoms with Gasteiger partial charge < -0.3 is 5.11 Å². The van der Waals surface area contributed by atoms with Gasteiger partial charge in [-0.1, -0.05) is 0 Å². The van der Waals surface area contributed by atoms with Gasteiger partial charge in [-0.05, 0) is 7.05 Å². The minimum atomic E-state index is 0. The summed E-state index contributed by atoms with van der Waals surface area (Å²) in [6.45, 7) is 0.0694. The Labute approximate surface area is 42.0 Å². The van der Waals surface area contributed by atoms with Crippen LogP contribution in [0.4, 0.5) is 0 Å². The summed E-state index contributed by atoms with van der Waals surface area (Å²) in [5, 5.41) is 10.2. The van der Waals surface area contributed by atoms with Crippen LogP contribution < -0.4 is 5.32 Å². The molecule has 0 aliphatic rings. The van der Waals surface area contributed by atoms with E-state index in [-0.39, 0.29) is 23.7 Å².